The molecule has 9 heteroatoms. The zero-order valence-electron chi connectivity index (χ0n) is 15.3. The van der Waals surface area contributed by atoms with E-state index in [4.69, 9.17) is 4.74 Å². The number of morpholine rings is 1. The van der Waals surface area contributed by atoms with Gasteiger partial charge in [-0.1, -0.05) is 11.3 Å². The van der Waals surface area contributed by atoms with Crippen LogP contribution in [0.4, 0.5) is 0 Å². The first-order valence-corrected chi connectivity index (χ1v) is 8.78. The average Bonchev–Trinajstić information content (AvgIpc) is 3.09. The van der Waals surface area contributed by atoms with Crippen molar-refractivity contribution in [2.75, 3.05) is 26.3 Å². The maximum atomic E-state index is 12.7. The third-order valence-electron chi connectivity index (χ3n) is 4.55. The van der Waals surface area contributed by atoms with Gasteiger partial charge in [0.1, 0.15) is 12.9 Å². The van der Waals surface area contributed by atoms with E-state index in [-0.39, 0.29) is 23.5 Å². The molecule has 1 aromatic carbocycles. The van der Waals surface area contributed by atoms with E-state index >= 15 is 0 Å². The number of carbonyl (C=O) groups excluding carboxylic acids is 1. The molecule has 1 fully saturated rings. The minimum atomic E-state index is -0.378. The molecule has 0 radical (unpaired) electrons. The number of hydrogen-bond donors (Lipinski definition) is 0. The van der Waals surface area contributed by atoms with Gasteiger partial charge in [-0.2, -0.15) is 4.68 Å². The zero-order valence-corrected chi connectivity index (χ0v) is 15.3. The molecular weight excluding hydrogens is 348 g/mol. The number of ether oxygens (including phenoxy) is 1. The van der Waals surface area contributed by atoms with E-state index in [1.165, 1.54) is 10.9 Å². The second-order valence-electron chi connectivity index (χ2n) is 6.69. The van der Waals surface area contributed by atoms with Gasteiger partial charge >= 0.3 is 0 Å². The largest absolute Gasteiger partial charge is 0.378 e. The Hall–Kier alpha value is -3.07. The number of carbonyl (C=O) groups is 1. The first kappa shape index (κ1) is 17.3. The lowest BCUT2D eigenvalue weighted by Gasteiger charge is -2.26. The number of nitrogens with zero attached hydrogens (tertiary/aromatic N) is 6. The zero-order chi connectivity index (χ0) is 19.0. The van der Waals surface area contributed by atoms with E-state index in [0.29, 0.717) is 32.0 Å². The molecule has 140 valence electrons. The highest BCUT2D eigenvalue weighted by molar-refractivity contribution is 5.77. The van der Waals surface area contributed by atoms with Crippen LogP contribution >= 0.6 is 0 Å². The molecule has 4 rings (SSSR count). The van der Waals surface area contributed by atoms with Crippen molar-refractivity contribution in [3.05, 3.63) is 46.0 Å². The first-order valence-electron chi connectivity index (χ1n) is 8.78. The van der Waals surface area contributed by atoms with Gasteiger partial charge in [-0.3, -0.25) is 14.2 Å². The molecule has 3 heterocycles. The predicted molar refractivity (Wildman–Crippen MR) is 97.8 cm³/mol. The lowest BCUT2D eigenvalue weighted by molar-refractivity contribution is -0.135. The fraction of sp³-hybridized carbons (Fsp3) is 0.389. The SMILES string of the molecule is Cc1cc(C)cc(-n2nnc3c(=O)n(CC(=O)N4CCOCC4)cnc32)c1. The molecule has 0 N–H and O–H groups in total. The average molecular weight is 368 g/mol. The van der Waals surface area contributed by atoms with Gasteiger partial charge in [0.15, 0.2) is 11.2 Å². The predicted octanol–water partition coefficient (Wildman–Crippen LogP) is 0.453. The summed E-state index contributed by atoms with van der Waals surface area (Å²) in [5.74, 6) is -0.136. The number of rotatable bonds is 3. The summed E-state index contributed by atoms with van der Waals surface area (Å²) >= 11 is 0. The molecule has 0 saturated carbocycles. The summed E-state index contributed by atoms with van der Waals surface area (Å²) in [5, 5.41) is 8.10. The maximum absolute atomic E-state index is 12.7. The molecule has 1 saturated heterocycles. The smallest absolute Gasteiger partial charge is 0.284 e. The summed E-state index contributed by atoms with van der Waals surface area (Å²) in [7, 11) is 0. The molecule has 1 amide bonds. The fourth-order valence-electron chi connectivity index (χ4n) is 3.26. The highest BCUT2D eigenvalue weighted by atomic mass is 16.5. The van der Waals surface area contributed by atoms with Gasteiger partial charge in [-0.15, -0.1) is 5.10 Å². The number of amides is 1. The summed E-state index contributed by atoms with van der Waals surface area (Å²) in [5.41, 5.74) is 3.10. The van der Waals surface area contributed by atoms with E-state index in [1.54, 1.807) is 9.58 Å². The molecule has 0 aliphatic carbocycles. The quantitative estimate of drug-likeness (QED) is 0.666. The van der Waals surface area contributed by atoms with E-state index in [9.17, 15) is 9.59 Å². The van der Waals surface area contributed by atoms with Gasteiger partial charge < -0.3 is 9.64 Å². The molecule has 0 unspecified atom stereocenters. The van der Waals surface area contributed by atoms with Crippen molar-refractivity contribution in [2.24, 2.45) is 0 Å². The van der Waals surface area contributed by atoms with Crippen LogP contribution < -0.4 is 5.56 Å². The summed E-state index contributed by atoms with van der Waals surface area (Å²) < 4.78 is 8.07. The van der Waals surface area contributed by atoms with Crippen LogP contribution in [-0.2, 0) is 16.1 Å². The van der Waals surface area contributed by atoms with Gasteiger partial charge in [-0.25, -0.2) is 4.98 Å². The maximum Gasteiger partial charge on any atom is 0.284 e. The number of aromatic nitrogens is 5. The summed E-state index contributed by atoms with van der Waals surface area (Å²) in [6, 6.07) is 5.97. The molecule has 9 nitrogen and oxygen atoms in total. The molecule has 3 aromatic rings. The highest BCUT2D eigenvalue weighted by Gasteiger charge is 2.19. The first-order chi connectivity index (χ1) is 13.0. The van der Waals surface area contributed by atoms with Gasteiger partial charge in [0.2, 0.25) is 5.91 Å². The number of fused-ring (bicyclic) bond motifs is 1. The molecular formula is C18H20N6O3. The minimum Gasteiger partial charge on any atom is -0.378 e. The second kappa shape index (κ2) is 6.92. The second-order valence-corrected chi connectivity index (χ2v) is 6.69. The van der Waals surface area contributed by atoms with Crippen molar-refractivity contribution in [1.29, 1.82) is 0 Å². The summed E-state index contributed by atoms with van der Waals surface area (Å²) in [4.78, 5) is 31.2. The summed E-state index contributed by atoms with van der Waals surface area (Å²) in [6.45, 7) is 6.02. The third kappa shape index (κ3) is 3.33. The minimum absolute atomic E-state index is 0.0712. The topological polar surface area (TPSA) is 95.1 Å². The number of hydrogen-bond acceptors (Lipinski definition) is 6. The highest BCUT2D eigenvalue weighted by Crippen LogP contribution is 2.15. The molecule has 0 atom stereocenters. The molecule has 0 spiro atoms. The van der Waals surface area contributed by atoms with Gasteiger partial charge in [-0.05, 0) is 37.1 Å². The van der Waals surface area contributed by atoms with E-state index in [0.717, 1.165) is 16.8 Å². The van der Waals surface area contributed by atoms with E-state index < -0.39 is 0 Å². The Morgan fingerprint density at radius 3 is 2.56 bits per heavy atom. The van der Waals surface area contributed by atoms with Gasteiger partial charge in [0, 0.05) is 13.1 Å². The Morgan fingerprint density at radius 2 is 1.85 bits per heavy atom. The normalized spacial score (nSPS) is 14.7. The fourth-order valence-corrected chi connectivity index (χ4v) is 3.26. The molecule has 1 aliphatic heterocycles. The lowest BCUT2D eigenvalue weighted by atomic mass is 10.1. The third-order valence-corrected chi connectivity index (χ3v) is 4.55. The van der Waals surface area contributed by atoms with Crippen LogP contribution in [0.3, 0.4) is 0 Å². The van der Waals surface area contributed by atoms with Gasteiger partial charge in [0.05, 0.1) is 18.9 Å². The van der Waals surface area contributed by atoms with Crippen LogP contribution in [-0.4, -0.2) is 61.7 Å². The van der Waals surface area contributed by atoms with Crippen molar-refractivity contribution in [1.82, 2.24) is 29.4 Å². The molecule has 1 aliphatic rings. The van der Waals surface area contributed by atoms with Crippen LogP contribution in [0.2, 0.25) is 0 Å². The van der Waals surface area contributed by atoms with Crippen molar-refractivity contribution < 1.29 is 9.53 Å². The van der Waals surface area contributed by atoms with Gasteiger partial charge in [0.25, 0.3) is 5.56 Å². The van der Waals surface area contributed by atoms with Crippen molar-refractivity contribution >= 4 is 17.1 Å². The number of benzene rings is 1. The van der Waals surface area contributed by atoms with Crippen LogP contribution in [0, 0.1) is 13.8 Å². The summed E-state index contributed by atoms with van der Waals surface area (Å²) in [6.07, 6.45) is 1.38. The van der Waals surface area contributed by atoms with Crippen molar-refractivity contribution in [3.63, 3.8) is 0 Å². The van der Waals surface area contributed by atoms with Crippen LogP contribution in [0.1, 0.15) is 11.1 Å². The Morgan fingerprint density at radius 1 is 1.15 bits per heavy atom. The Balaban J connectivity index is 1.67. The van der Waals surface area contributed by atoms with Crippen LogP contribution in [0.25, 0.3) is 16.9 Å². The monoisotopic (exact) mass is 368 g/mol. The molecule has 2 aromatic heterocycles. The van der Waals surface area contributed by atoms with Crippen LogP contribution in [0.15, 0.2) is 29.3 Å². The Labute approximate surface area is 155 Å². The number of aryl methyl sites for hydroxylation is 2. The standard InChI is InChI=1S/C18H20N6O3/c1-12-7-13(2)9-14(8-12)24-17-16(20-21-24)18(26)23(11-19-17)10-15(25)22-3-5-27-6-4-22/h7-9,11H,3-6,10H2,1-2H3. The van der Waals surface area contributed by atoms with E-state index in [1.807, 2.05) is 26.0 Å². The van der Waals surface area contributed by atoms with E-state index in [2.05, 4.69) is 21.4 Å². The van der Waals surface area contributed by atoms with Crippen molar-refractivity contribution in [3.8, 4) is 5.69 Å². The molecule has 27 heavy (non-hydrogen) atoms. The Bertz CT molecular complexity index is 1040. The Kier molecular flexibility index (Phi) is 4.44. The lowest BCUT2D eigenvalue weighted by Crippen LogP contribution is -2.43. The van der Waals surface area contributed by atoms with Crippen molar-refractivity contribution in [2.45, 2.75) is 20.4 Å². The van der Waals surface area contributed by atoms with Crippen LogP contribution in [0.5, 0.6) is 0 Å². The molecule has 0 bridgehead atoms.